The van der Waals surface area contributed by atoms with Crippen molar-refractivity contribution in [2.75, 3.05) is 0 Å². The molecule has 5 nitrogen and oxygen atoms in total. The van der Waals surface area contributed by atoms with Crippen LogP contribution in [0.1, 0.15) is 27.8 Å². The maximum Gasteiger partial charge on any atom is 0.252 e. The minimum absolute atomic E-state index is 0.0907. The molecule has 1 atom stereocenters. The lowest BCUT2D eigenvalue weighted by Crippen LogP contribution is -2.28. The van der Waals surface area contributed by atoms with Crippen molar-refractivity contribution in [3.8, 4) is 6.07 Å². The van der Waals surface area contributed by atoms with Crippen LogP contribution in [-0.4, -0.2) is 15.5 Å². The Balaban J connectivity index is 1.88. The summed E-state index contributed by atoms with van der Waals surface area (Å²) in [5.74, 6) is -1.38. The number of aromatic nitrogens is 2. The van der Waals surface area contributed by atoms with E-state index in [0.717, 1.165) is 23.5 Å². The van der Waals surface area contributed by atoms with Crippen LogP contribution in [0.2, 0.25) is 0 Å². The second kappa shape index (κ2) is 6.32. The SMILES string of the molecule is Cc1nc2cc(C(=O)N[C@@H](C#N)c3ccc(F)cc3F)ccc2n1C. The summed E-state index contributed by atoms with van der Waals surface area (Å²) in [4.78, 5) is 16.8. The number of benzene rings is 2. The molecule has 3 aromatic rings. The molecular weight excluding hydrogens is 326 g/mol. The largest absolute Gasteiger partial charge is 0.332 e. The average Bonchev–Trinajstić information content (AvgIpc) is 2.87. The van der Waals surface area contributed by atoms with Gasteiger partial charge in [0.05, 0.1) is 17.1 Å². The summed E-state index contributed by atoms with van der Waals surface area (Å²) in [6.07, 6.45) is 0. The monoisotopic (exact) mass is 340 g/mol. The van der Waals surface area contributed by atoms with E-state index in [0.29, 0.717) is 17.1 Å². The summed E-state index contributed by atoms with van der Waals surface area (Å²) in [5, 5.41) is 11.7. The van der Waals surface area contributed by atoms with Gasteiger partial charge in [0.2, 0.25) is 0 Å². The molecule has 0 aliphatic heterocycles. The number of fused-ring (bicyclic) bond motifs is 1. The van der Waals surface area contributed by atoms with E-state index in [-0.39, 0.29) is 5.56 Å². The number of hydrogen-bond acceptors (Lipinski definition) is 3. The first kappa shape index (κ1) is 16.6. The Morgan fingerprint density at radius 1 is 1.28 bits per heavy atom. The third kappa shape index (κ3) is 3.06. The number of aryl methyl sites for hydroxylation is 2. The number of nitriles is 1. The van der Waals surface area contributed by atoms with E-state index in [1.165, 1.54) is 0 Å². The number of carbonyl (C=O) groups is 1. The Kier molecular flexibility index (Phi) is 4.19. The predicted molar refractivity (Wildman–Crippen MR) is 87.6 cm³/mol. The summed E-state index contributed by atoms with van der Waals surface area (Å²) in [6.45, 7) is 1.85. The van der Waals surface area contributed by atoms with Crippen molar-refractivity contribution in [3.63, 3.8) is 0 Å². The molecule has 25 heavy (non-hydrogen) atoms. The van der Waals surface area contributed by atoms with Crippen molar-refractivity contribution in [3.05, 3.63) is 65.0 Å². The zero-order valence-electron chi connectivity index (χ0n) is 13.5. The molecular formula is C18H14F2N4O. The third-order valence-electron chi connectivity index (χ3n) is 4.04. The van der Waals surface area contributed by atoms with Crippen LogP contribution in [0.5, 0.6) is 0 Å². The van der Waals surface area contributed by atoms with E-state index in [4.69, 9.17) is 0 Å². The number of rotatable bonds is 3. The average molecular weight is 340 g/mol. The highest BCUT2D eigenvalue weighted by Gasteiger charge is 2.19. The molecule has 0 saturated heterocycles. The molecule has 0 radical (unpaired) electrons. The Labute approximate surface area is 142 Å². The van der Waals surface area contributed by atoms with Crippen molar-refractivity contribution in [2.24, 2.45) is 7.05 Å². The molecule has 126 valence electrons. The topological polar surface area (TPSA) is 70.7 Å². The maximum absolute atomic E-state index is 13.8. The zero-order chi connectivity index (χ0) is 18.1. The minimum atomic E-state index is -1.23. The molecule has 0 aliphatic carbocycles. The summed E-state index contributed by atoms with van der Waals surface area (Å²) >= 11 is 0. The standard InChI is InChI=1S/C18H14F2N4O/c1-10-22-15-7-11(3-6-17(15)24(10)2)18(25)23-16(9-21)13-5-4-12(19)8-14(13)20/h3-8,16H,1-2H3,(H,23,25)/t16-/m0/s1. The third-order valence-corrected chi connectivity index (χ3v) is 4.04. The first-order valence-corrected chi connectivity index (χ1v) is 7.49. The molecule has 0 bridgehead atoms. The molecule has 0 saturated carbocycles. The van der Waals surface area contributed by atoms with Gasteiger partial charge in [-0.1, -0.05) is 6.07 Å². The Bertz CT molecular complexity index is 1020. The normalized spacial score (nSPS) is 12.0. The molecule has 1 amide bonds. The minimum Gasteiger partial charge on any atom is -0.332 e. The van der Waals surface area contributed by atoms with Crippen molar-refractivity contribution in [1.82, 2.24) is 14.9 Å². The molecule has 2 aromatic carbocycles. The number of nitrogens with one attached hydrogen (secondary N) is 1. The zero-order valence-corrected chi connectivity index (χ0v) is 13.5. The molecule has 3 rings (SSSR count). The summed E-state index contributed by atoms with van der Waals surface area (Å²) in [7, 11) is 1.87. The van der Waals surface area contributed by atoms with Crippen LogP contribution in [0.3, 0.4) is 0 Å². The molecule has 7 heteroatoms. The van der Waals surface area contributed by atoms with Gasteiger partial charge in [0.25, 0.3) is 5.91 Å². The molecule has 0 aliphatic rings. The predicted octanol–water partition coefficient (Wildman–Crippen LogP) is 3.15. The highest BCUT2D eigenvalue weighted by molar-refractivity contribution is 5.97. The molecule has 0 unspecified atom stereocenters. The molecule has 1 N–H and O–H groups in total. The van der Waals surface area contributed by atoms with Gasteiger partial charge in [-0.05, 0) is 31.2 Å². The fraction of sp³-hybridized carbons (Fsp3) is 0.167. The Hall–Kier alpha value is -3.27. The van der Waals surface area contributed by atoms with Crippen LogP contribution in [0.25, 0.3) is 11.0 Å². The number of nitrogens with zero attached hydrogens (tertiary/aromatic N) is 3. The lowest BCUT2D eigenvalue weighted by atomic mass is 10.1. The molecule has 0 fully saturated rings. The second-order valence-electron chi connectivity index (χ2n) is 5.62. The van der Waals surface area contributed by atoms with Gasteiger partial charge in [0, 0.05) is 24.2 Å². The Morgan fingerprint density at radius 2 is 2.04 bits per heavy atom. The van der Waals surface area contributed by atoms with E-state index < -0.39 is 23.6 Å². The number of halogens is 2. The number of amides is 1. The van der Waals surface area contributed by atoms with Crippen LogP contribution in [0.4, 0.5) is 8.78 Å². The molecule has 1 heterocycles. The fourth-order valence-electron chi connectivity index (χ4n) is 2.59. The van der Waals surface area contributed by atoms with E-state index in [2.05, 4.69) is 10.3 Å². The van der Waals surface area contributed by atoms with Gasteiger partial charge in [0.1, 0.15) is 23.5 Å². The first-order chi connectivity index (χ1) is 11.9. The highest BCUT2D eigenvalue weighted by Crippen LogP contribution is 2.20. The number of imidazole rings is 1. The number of carbonyl (C=O) groups excluding carboxylic acids is 1. The van der Waals surface area contributed by atoms with Crippen molar-refractivity contribution in [2.45, 2.75) is 13.0 Å². The smallest absolute Gasteiger partial charge is 0.252 e. The van der Waals surface area contributed by atoms with Crippen molar-refractivity contribution in [1.29, 1.82) is 5.26 Å². The molecule has 0 spiro atoms. The van der Waals surface area contributed by atoms with E-state index >= 15 is 0 Å². The maximum atomic E-state index is 13.8. The first-order valence-electron chi connectivity index (χ1n) is 7.49. The van der Waals surface area contributed by atoms with Gasteiger partial charge in [-0.15, -0.1) is 0 Å². The summed E-state index contributed by atoms with van der Waals surface area (Å²) in [6, 6.07) is 8.41. The summed E-state index contributed by atoms with van der Waals surface area (Å²) < 4.78 is 28.7. The lowest BCUT2D eigenvalue weighted by Gasteiger charge is -2.13. The van der Waals surface area contributed by atoms with Crippen LogP contribution in [0.15, 0.2) is 36.4 Å². The van der Waals surface area contributed by atoms with Crippen LogP contribution < -0.4 is 5.32 Å². The van der Waals surface area contributed by atoms with E-state index in [1.54, 1.807) is 18.2 Å². The Morgan fingerprint density at radius 3 is 2.72 bits per heavy atom. The summed E-state index contributed by atoms with van der Waals surface area (Å²) in [5.41, 5.74) is 1.73. The van der Waals surface area contributed by atoms with Gasteiger partial charge in [0.15, 0.2) is 0 Å². The van der Waals surface area contributed by atoms with E-state index in [1.807, 2.05) is 24.6 Å². The fourth-order valence-corrected chi connectivity index (χ4v) is 2.59. The van der Waals surface area contributed by atoms with Gasteiger partial charge in [-0.2, -0.15) is 5.26 Å². The second-order valence-corrected chi connectivity index (χ2v) is 5.62. The van der Waals surface area contributed by atoms with Crippen molar-refractivity contribution >= 4 is 16.9 Å². The highest BCUT2D eigenvalue weighted by atomic mass is 19.1. The number of hydrogen-bond donors (Lipinski definition) is 1. The quantitative estimate of drug-likeness (QED) is 0.796. The molecule has 1 aromatic heterocycles. The van der Waals surface area contributed by atoms with Crippen LogP contribution in [0, 0.1) is 29.9 Å². The van der Waals surface area contributed by atoms with Gasteiger partial charge in [-0.3, -0.25) is 4.79 Å². The van der Waals surface area contributed by atoms with Crippen molar-refractivity contribution < 1.29 is 13.6 Å². The van der Waals surface area contributed by atoms with Crippen LogP contribution in [-0.2, 0) is 7.05 Å². The van der Waals surface area contributed by atoms with E-state index in [9.17, 15) is 18.8 Å². The van der Waals surface area contributed by atoms with Gasteiger partial charge < -0.3 is 9.88 Å². The lowest BCUT2D eigenvalue weighted by molar-refractivity contribution is 0.0945. The van der Waals surface area contributed by atoms with Crippen LogP contribution >= 0.6 is 0 Å². The van der Waals surface area contributed by atoms with Gasteiger partial charge in [-0.25, -0.2) is 13.8 Å². The van der Waals surface area contributed by atoms with Gasteiger partial charge >= 0.3 is 0 Å².